The molecule has 2 aromatic rings. The van der Waals surface area contributed by atoms with Crippen molar-refractivity contribution in [1.82, 2.24) is 4.90 Å². The highest BCUT2D eigenvalue weighted by Gasteiger charge is 2.33. The Bertz CT molecular complexity index is 935. The summed E-state index contributed by atoms with van der Waals surface area (Å²) >= 11 is 6.14. The number of nitrogens with two attached hydrogens (primary N) is 1. The van der Waals surface area contributed by atoms with Crippen LogP contribution in [0.2, 0.25) is 5.02 Å². The number of rotatable bonds is 5. The molecule has 0 saturated carbocycles. The van der Waals surface area contributed by atoms with Gasteiger partial charge in [-0.3, -0.25) is 9.59 Å². The van der Waals surface area contributed by atoms with Gasteiger partial charge in [0.1, 0.15) is 0 Å². The smallest absolute Gasteiger partial charge is 0.314 e. The molecule has 0 bridgehead atoms. The Labute approximate surface area is 180 Å². The van der Waals surface area contributed by atoms with Gasteiger partial charge in [-0.2, -0.15) is 0 Å². The van der Waals surface area contributed by atoms with Crippen LogP contribution in [0.5, 0.6) is 0 Å². The van der Waals surface area contributed by atoms with Crippen molar-refractivity contribution in [2.24, 2.45) is 11.7 Å². The van der Waals surface area contributed by atoms with Gasteiger partial charge in [-0.1, -0.05) is 48.0 Å². The van der Waals surface area contributed by atoms with Crippen molar-refractivity contribution in [3.63, 3.8) is 0 Å². The highest BCUT2D eigenvalue weighted by atomic mass is 35.5. The highest BCUT2D eigenvalue weighted by molar-refractivity contribution is 6.31. The van der Waals surface area contributed by atoms with Gasteiger partial charge in [-0.15, -0.1) is 0 Å². The third-order valence-corrected chi connectivity index (χ3v) is 5.49. The quantitative estimate of drug-likeness (QED) is 0.708. The predicted molar refractivity (Wildman–Crippen MR) is 114 cm³/mol. The van der Waals surface area contributed by atoms with Gasteiger partial charge < -0.3 is 20.7 Å². The van der Waals surface area contributed by atoms with Crippen molar-refractivity contribution in [2.75, 3.05) is 18.4 Å². The molecule has 8 heteroatoms. The minimum atomic E-state index is -1.14. The van der Waals surface area contributed by atoms with Gasteiger partial charge >= 0.3 is 12.0 Å². The number of ether oxygens (including phenoxy) is 1. The first-order valence-corrected chi connectivity index (χ1v) is 10.1. The van der Waals surface area contributed by atoms with Crippen molar-refractivity contribution >= 4 is 35.2 Å². The molecule has 7 nitrogen and oxygen atoms in total. The molecule has 158 valence electrons. The lowest BCUT2D eigenvalue weighted by atomic mass is 9.98. The fourth-order valence-electron chi connectivity index (χ4n) is 3.36. The number of hydrogen-bond acceptors (Lipinski definition) is 4. The number of esters is 1. The van der Waals surface area contributed by atoms with E-state index in [1.54, 1.807) is 42.5 Å². The normalized spacial score (nSPS) is 17.1. The molecule has 1 heterocycles. The molecule has 30 heavy (non-hydrogen) atoms. The summed E-state index contributed by atoms with van der Waals surface area (Å²) in [5.74, 6) is -1.55. The number of nitrogens with zero attached hydrogens (tertiary/aromatic N) is 1. The molecule has 3 rings (SSSR count). The Morgan fingerprint density at radius 3 is 2.60 bits per heavy atom. The van der Waals surface area contributed by atoms with Crippen LogP contribution in [0.4, 0.5) is 10.5 Å². The molecule has 0 spiro atoms. The van der Waals surface area contributed by atoms with Crippen molar-refractivity contribution < 1.29 is 19.1 Å². The standard InChI is InChI=1S/C22H24ClN3O4/c1-14-9-10-17(12-18(14)23)25-20(27)19(15-6-3-2-4-7-15)30-21(28)16-8-5-11-26(13-16)22(24)29/h2-4,6-7,9-10,12,16,19H,5,8,11,13H2,1H3,(H2,24,29)(H,25,27). The van der Waals surface area contributed by atoms with Gasteiger partial charge in [0.05, 0.1) is 5.92 Å². The summed E-state index contributed by atoms with van der Waals surface area (Å²) < 4.78 is 5.63. The first kappa shape index (κ1) is 21.6. The summed E-state index contributed by atoms with van der Waals surface area (Å²) in [6.45, 7) is 2.56. The number of urea groups is 1. The fourth-order valence-corrected chi connectivity index (χ4v) is 3.54. The van der Waals surface area contributed by atoms with Crippen molar-refractivity contribution in [3.05, 3.63) is 64.7 Å². The van der Waals surface area contributed by atoms with E-state index in [2.05, 4.69) is 5.32 Å². The van der Waals surface area contributed by atoms with Gasteiger partial charge in [-0.05, 0) is 37.5 Å². The lowest BCUT2D eigenvalue weighted by Gasteiger charge is -2.31. The van der Waals surface area contributed by atoms with Gasteiger partial charge in [0.25, 0.3) is 5.91 Å². The van der Waals surface area contributed by atoms with E-state index in [-0.39, 0.29) is 6.54 Å². The maximum atomic E-state index is 13.0. The molecule has 1 saturated heterocycles. The van der Waals surface area contributed by atoms with Crippen molar-refractivity contribution in [2.45, 2.75) is 25.9 Å². The molecular formula is C22H24ClN3O4. The van der Waals surface area contributed by atoms with Gasteiger partial charge in [0, 0.05) is 29.4 Å². The second kappa shape index (κ2) is 9.63. The van der Waals surface area contributed by atoms with Crippen LogP contribution in [-0.2, 0) is 14.3 Å². The number of aryl methyl sites for hydroxylation is 1. The van der Waals surface area contributed by atoms with Crippen LogP contribution >= 0.6 is 11.6 Å². The summed E-state index contributed by atoms with van der Waals surface area (Å²) in [7, 11) is 0. The van der Waals surface area contributed by atoms with Crippen molar-refractivity contribution in [3.8, 4) is 0 Å². The number of nitrogens with one attached hydrogen (secondary N) is 1. The Morgan fingerprint density at radius 1 is 1.20 bits per heavy atom. The Morgan fingerprint density at radius 2 is 1.93 bits per heavy atom. The number of primary amides is 1. The maximum Gasteiger partial charge on any atom is 0.314 e. The van der Waals surface area contributed by atoms with Gasteiger partial charge in [0.15, 0.2) is 0 Å². The average molecular weight is 430 g/mol. The first-order valence-electron chi connectivity index (χ1n) is 9.72. The number of benzene rings is 2. The van der Waals surface area contributed by atoms with Crippen LogP contribution < -0.4 is 11.1 Å². The number of halogens is 1. The van der Waals surface area contributed by atoms with Crippen LogP contribution in [0, 0.1) is 12.8 Å². The fraction of sp³-hybridized carbons (Fsp3) is 0.318. The largest absolute Gasteiger partial charge is 0.447 e. The number of anilines is 1. The van der Waals surface area contributed by atoms with Crippen LogP contribution in [0.15, 0.2) is 48.5 Å². The molecule has 0 aromatic heterocycles. The van der Waals surface area contributed by atoms with Gasteiger partial charge in [-0.25, -0.2) is 4.79 Å². The molecular weight excluding hydrogens is 406 g/mol. The second-order valence-corrected chi connectivity index (χ2v) is 7.71. The summed E-state index contributed by atoms with van der Waals surface area (Å²) in [4.78, 5) is 38.7. The zero-order chi connectivity index (χ0) is 21.7. The lowest BCUT2D eigenvalue weighted by molar-refractivity contribution is -0.160. The topological polar surface area (TPSA) is 102 Å². The molecule has 3 N–H and O–H groups in total. The van der Waals surface area contributed by atoms with E-state index in [9.17, 15) is 14.4 Å². The van der Waals surface area contributed by atoms with Crippen molar-refractivity contribution in [1.29, 1.82) is 0 Å². The summed E-state index contributed by atoms with van der Waals surface area (Å²) in [5.41, 5.74) is 7.28. The highest BCUT2D eigenvalue weighted by Crippen LogP contribution is 2.26. The Balaban J connectivity index is 1.77. The molecule has 0 aliphatic carbocycles. The van der Waals surface area contributed by atoms with Crippen LogP contribution in [-0.4, -0.2) is 35.9 Å². The SMILES string of the molecule is Cc1ccc(NC(=O)C(OC(=O)C2CCCN(C(N)=O)C2)c2ccccc2)cc1Cl. The Hall–Kier alpha value is -3.06. The van der Waals surface area contributed by atoms with Gasteiger partial charge in [0.2, 0.25) is 6.10 Å². The number of hydrogen-bond donors (Lipinski definition) is 2. The second-order valence-electron chi connectivity index (χ2n) is 7.30. The van der Waals surface area contributed by atoms with E-state index >= 15 is 0 Å². The van der Waals surface area contributed by atoms with Crippen LogP contribution in [0.1, 0.15) is 30.1 Å². The third-order valence-electron chi connectivity index (χ3n) is 5.08. The lowest BCUT2D eigenvalue weighted by Crippen LogP contribution is -2.45. The average Bonchev–Trinajstić information content (AvgIpc) is 2.75. The number of likely N-dealkylation sites (tertiary alicyclic amines) is 1. The number of piperidine rings is 1. The molecule has 2 unspecified atom stereocenters. The van der Waals surface area contributed by atoms with E-state index in [1.807, 2.05) is 13.0 Å². The van der Waals surface area contributed by atoms with Crippen LogP contribution in [0.25, 0.3) is 0 Å². The summed E-state index contributed by atoms with van der Waals surface area (Å²) in [6, 6.07) is 13.4. The number of amides is 3. The van der Waals surface area contributed by atoms with E-state index in [0.29, 0.717) is 35.7 Å². The van der Waals surface area contributed by atoms with E-state index < -0.39 is 29.9 Å². The maximum absolute atomic E-state index is 13.0. The third kappa shape index (κ3) is 5.30. The van der Waals surface area contributed by atoms with E-state index in [1.165, 1.54) is 4.90 Å². The van der Waals surface area contributed by atoms with E-state index in [0.717, 1.165) is 5.56 Å². The summed E-state index contributed by atoms with van der Waals surface area (Å²) in [6.07, 6.45) is 0.0780. The minimum Gasteiger partial charge on any atom is -0.447 e. The van der Waals surface area contributed by atoms with E-state index in [4.69, 9.17) is 22.1 Å². The minimum absolute atomic E-state index is 0.185. The molecule has 2 atom stereocenters. The molecule has 1 aliphatic rings. The molecule has 3 amide bonds. The predicted octanol–water partition coefficient (Wildman–Crippen LogP) is 3.66. The molecule has 0 radical (unpaired) electrons. The van der Waals surface area contributed by atoms with Crippen LogP contribution in [0.3, 0.4) is 0 Å². The zero-order valence-electron chi connectivity index (χ0n) is 16.6. The molecule has 2 aromatic carbocycles. The molecule has 1 fully saturated rings. The number of carbonyl (C=O) groups excluding carboxylic acids is 3. The summed E-state index contributed by atoms with van der Waals surface area (Å²) in [5, 5.41) is 3.28. The molecule has 1 aliphatic heterocycles. The zero-order valence-corrected chi connectivity index (χ0v) is 17.4. The Kier molecular flexibility index (Phi) is 6.95. The first-order chi connectivity index (χ1) is 14.3. The monoisotopic (exact) mass is 429 g/mol. The number of carbonyl (C=O) groups is 3.